The summed E-state index contributed by atoms with van der Waals surface area (Å²) in [6.45, 7) is 3.36. The number of nitro groups is 1. The van der Waals surface area contributed by atoms with Gasteiger partial charge in [0.1, 0.15) is 11.4 Å². The monoisotopic (exact) mass is 441 g/mol. The van der Waals surface area contributed by atoms with Crippen molar-refractivity contribution >= 4 is 34.8 Å². The van der Waals surface area contributed by atoms with Crippen LogP contribution in [0.2, 0.25) is 0 Å². The molecule has 0 bridgehead atoms. The Hall–Kier alpha value is -3.95. The molecule has 2 aromatic carbocycles. The molecular formula is C22H23N3O7. The van der Waals surface area contributed by atoms with Gasteiger partial charge in [-0.15, -0.1) is 0 Å². The van der Waals surface area contributed by atoms with Crippen LogP contribution >= 0.6 is 0 Å². The molecule has 1 saturated heterocycles. The number of ether oxygens (including phenoxy) is 2. The lowest BCUT2D eigenvalue weighted by Gasteiger charge is -2.19. The number of carbonyl (C=O) groups is 3. The quantitative estimate of drug-likeness (QED) is 0.397. The van der Waals surface area contributed by atoms with Gasteiger partial charge in [0, 0.05) is 30.8 Å². The maximum Gasteiger partial charge on any atom is 0.311 e. The number of esters is 1. The lowest BCUT2D eigenvalue weighted by molar-refractivity contribution is -0.383. The first kappa shape index (κ1) is 22.7. The molecule has 168 valence electrons. The van der Waals surface area contributed by atoms with Gasteiger partial charge in [0.15, 0.2) is 6.61 Å². The fourth-order valence-corrected chi connectivity index (χ4v) is 3.55. The summed E-state index contributed by atoms with van der Waals surface area (Å²) in [6, 6.07) is 9.58. The summed E-state index contributed by atoms with van der Waals surface area (Å²) in [4.78, 5) is 49.1. The minimum absolute atomic E-state index is 0.0187. The molecule has 1 atom stereocenters. The van der Waals surface area contributed by atoms with Crippen LogP contribution in [0.5, 0.6) is 5.75 Å². The Morgan fingerprint density at radius 2 is 1.97 bits per heavy atom. The third-order valence-corrected chi connectivity index (χ3v) is 5.12. The zero-order chi connectivity index (χ0) is 23.4. The predicted octanol–water partition coefficient (Wildman–Crippen LogP) is 2.76. The van der Waals surface area contributed by atoms with Crippen LogP contribution in [0.1, 0.15) is 17.5 Å². The van der Waals surface area contributed by atoms with Crippen molar-refractivity contribution in [1.29, 1.82) is 0 Å². The summed E-state index contributed by atoms with van der Waals surface area (Å²) >= 11 is 0. The standard InChI is InChI=1S/C22H23N3O7/c1-13-4-6-18(14(2)8-13)24-11-15(9-21(24)27)22(28)32-12-20(26)23-17-10-16(31-3)5-7-19(17)25(29)30/h4-8,10,15H,9,11-12H2,1-3H3,(H,23,26)/t15-/m0/s1. The fourth-order valence-electron chi connectivity index (χ4n) is 3.55. The Morgan fingerprint density at radius 3 is 2.62 bits per heavy atom. The molecule has 1 aliphatic heterocycles. The summed E-state index contributed by atoms with van der Waals surface area (Å²) in [6.07, 6.45) is -0.0187. The molecule has 2 amide bonds. The van der Waals surface area contributed by atoms with Crippen LogP contribution in [0.25, 0.3) is 0 Å². The first-order valence-electron chi connectivity index (χ1n) is 9.86. The van der Waals surface area contributed by atoms with Crippen molar-refractivity contribution in [2.45, 2.75) is 20.3 Å². The van der Waals surface area contributed by atoms with E-state index < -0.39 is 29.3 Å². The smallest absolute Gasteiger partial charge is 0.311 e. The zero-order valence-electron chi connectivity index (χ0n) is 17.9. The summed E-state index contributed by atoms with van der Waals surface area (Å²) < 4.78 is 10.1. The molecule has 0 saturated carbocycles. The van der Waals surface area contributed by atoms with E-state index in [0.29, 0.717) is 5.75 Å². The SMILES string of the molecule is COc1ccc([N+](=O)[O-])c(NC(=O)COC(=O)[C@H]2CC(=O)N(c3ccc(C)cc3C)C2)c1. The maximum atomic E-state index is 12.4. The van der Waals surface area contributed by atoms with Crippen LogP contribution in [0.15, 0.2) is 36.4 Å². The van der Waals surface area contributed by atoms with Crippen LogP contribution in [-0.4, -0.2) is 43.0 Å². The number of benzene rings is 2. The molecule has 32 heavy (non-hydrogen) atoms. The van der Waals surface area contributed by atoms with Crippen LogP contribution in [-0.2, 0) is 19.1 Å². The van der Waals surface area contributed by atoms with E-state index in [1.54, 1.807) is 4.90 Å². The topological polar surface area (TPSA) is 128 Å². The Kier molecular flexibility index (Phi) is 6.72. The highest BCUT2D eigenvalue weighted by molar-refractivity contribution is 6.00. The van der Waals surface area contributed by atoms with Crippen LogP contribution in [0.3, 0.4) is 0 Å². The molecule has 10 heteroatoms. The minimum Gasteiger partial charge on any atom is -0.497 e. The maximum absolute atomic E-state index is 12.4. The predicted molar refractivity (Wildman–Crippen MR) is 116 cm³/mol. The van der Waals surface area contributed by atoms with Gasteiger partial charge in [-0.3, -0.25) is 24.5 Å². The van der Waals surface area contributed by atoms with Gasteiger partial charge >= 0.3 is 5.97 Å². The molecular weight excluding hydrogens is 418 g/mol. The first-order valence-corrected chi connectivity index (χ1v) is 9.86. The number of hydrogen-bond acceptors (Lipinski definition) is 7. The van der Waals surface area contributed by atoms with Gasteiger partial charge in [-0.25, -0.2) is 0 Å². The number of anilines is 2. The van der Waals surface area contributed by atoms with Gasteiger partial charge in [-0.05, 0) is 31.5 Å². The molecule has 0 aromatic heterocycles. The Labute approximate surface area is 184 Å². The third-order valence-electron chi connectivity index (χ3n) is 5.12. The van der Waals surface area contributed by atoms with Crippen molar-refractivity contribution in [1.82, 2.24) is 0 Å². The second-order valence-electron chi connectivity index (χ2n) is 7.49. The van der Waals surface area contributed by atoms with Crippen molar-refractivity contribution in [2.75, 3.05) is 30.5 Å². The van der Waals surface area contributed by atoms with Gasteiger partial charge in [0.2, 0.25) is 5.91 Å². The number of carbonyl (C=O) groups excluding carboxylic acids is 3. The van der Waals surface area contributed by atoms with Crippen molar-refractivity contribution in [2.24, 2.45) is 5.92 Å². The number of nitrogens with one attached hydrogen (secondary N) is 1. The normalized spacial score (nSPS) is 15.4. The van der Waals surface area contributed by atoms with E-state index in [0.717, 1.165) is 16.8 Å². The Balaban J connectivity index is 1.60. The molecule has 1 N–H and O–H groups in total. The van der Waals surface area contributed by atoms with Gasteiger partial charge in [-0.1, -0.05) is 17.7 Å². The largest absolute Gasteiger partial charge is 0.497 e. The number of amides is 2. The number of methoxy groups -OCH3 is 1. The van der Waals surface area contributed by atoms with Crippen LogP contribution in [0, 0.1) is 29.9 Å². The van der Waals surface area contributed by atoms with Crippen molar-refractivity contribution in [3.63, 3.8) is 0 Å². The Bertz CT molecular complexity index is 1080. The van der Waals surface area contributed by atoms with Crippen molar-refractivity contribution < 1.29 is 28.8 Å². The third kappa shape index (κ3) is 5.02. The molecule has 0 unspecified atom stereocenters. The van der Waals surface area contributed by atoms with E-state index in [2.05, 4.69) is 5.32 Å². The molecule has 0 spiro atoms. The Morgan fingerprint density at radius 1 is 1.22 bits per heavy atom. The first-order chi connectivity index (χ1) is 15.2. The van der Waals surface area contributed by atoms with Crippen molar-refractivity contribution in [3.05, 3.63) is 57.6 Å². The van der Waals surface area contributed by atoms with E-state index in [1.165, 1.54) is 25.3 Å². The van der Waals surface area contributed by atoms with E-state index in [9.17, 15) is 24.5 Å². The molecule has 1 aliphatic rings. The number of aryl methyl sites for hydroxylation is 2. The van der Waals surface area contributed by atoms with E-state index in [-0.39, 0.29) is 30.2 Å². The average Bonchev–Trinajstić information content (AvgIpc) is 3.13. The molecule has 3 rings (SSSR count). The van der Waals surface area contributed by atoms with Gasteiger partial charge in [0.05, 0.1) is 18.0 Å². The highest BCUT2D eigenvalue weighted by Crippen LogP contribution is 2.30. The van der Waals surface area contributed by atoms with Gasteiger partial charge < -0.3 is 19.7 Å². The summed E-state index contributed by atoms with van der Waals surface area (Å²) in [5, 5.41) is 13.5. The van der Waals surface area contributed by atoms with E-state index in [4.69, 9.17) is 9.47 Å². The van der Waals surface area contributed by atoms with Crippen molar-refractivity contribution in [3.8, 4) is 5.75 Å². The molecule has 10 nitrogen and oxygen atoms in total. The molecule has 1 fully saturated rings. The summed E-state index contributed by atoms with van der Waals surface area (Å²) in [7, 11) is 1.39. The second-order valence-corrected chi connectivity index (χ2v) is 7.49. The van der Waals surface area contributed by atoms with E-state index >= 15 is 0 Å². The zero-order valence-corrected chi connectivity index (χ0v) is 17.9. The van der Waals surface area contributed by atoms with E-state index in [1.807, 2.05) is 32.0 Å². The molecule has 0 radical (unpaired) electrons. The second kappa shape index (κ2) is 9.46. The van der Waals surface area contributed by atoms with Crippen LogP contribution in [0.4, 0.5) is 17.1 Å². The minimum atomic E-state index is -0.745. The highest BCUT2D eigenvalue weighted by Gasteiger charge is 2.37. The number of rotatable bonds is 7. The molecule has 2 aromatic rings. The average molecular weight is 441 g/mol. The summed E-state index contributed by atoms with van der Waals surface area (Å²) in [5.74, 6) is -2.01. The number of nitro benzene ring substituents is 1. The highest BCUT2D eigenvalue weighted by atomic mass is 16.6. The van der Waals surface area contributed by atoms with Gasteiger partial charge in [0.25, 0.3) is 11.6 Å². The summed E-state index contributed by atoms with van der Waals surface area (Å²) in [5.41, 5.74) is 2.32. The lowest BCUT2D eigenvalue weighted by atomic mass is 10.1. The van der Waals surface area contributed by atoms with Crippen LogP contribution < -0.4 is 15.0 Å². The fraction of sp³-hybridized carbons (Fsp3) is 0.318. The molecule has 1 heterocycles. The van der Waals surface area contributed by atoms with Gasteiger partial charge in [-0.2, -0.15) is 0 Å². The lowest BCUT2D eigenvalue weighted by Crippen LogP contribution is -2.28. The molecule has 0 aliphatic carbocycles. The number of hydrogen-bond donors (Lipinski definition) is 1. The number of nitrogens with zero attached hydrogens (tertiary/aromatic N) is 2.